The van der Waals surface area contributed by atoms with Crippen molar-refractivity contribution in [1.29, 1.82) is 0 Å². The lowest BCUT2D eigenvalue weighted by Gasteiger charge is -2.19. The SMILES string of the molecule is CC(NC(=O)c1cc(-c2cccs2)n(-c2ccc(F)cc2)n1)C1CCCO1. The van der Waals surface area contributed by atoms with E-state index in [2.05, 4.69) is 10.4 Å². The highest BCUT2D eigenvalue weighted by molar-refractivity contribution is 7.13. The molecule has 4 rings (SSSR count). The van der Waals surface area contributed by atoms with Gasteiger partial charge in [-0.05, 0) is 61.5 Å². The summed E-state index contributed by atoms with van der Waals surface area (Å²) in [5, 5.41) is 9.45. The molecule has 1 N–H and O–H groups in total. The molecule has 1 aliphatic heterocycles. The Hall–Kier alpha value is -2.51. The van der Waals surface area contributed by atoms with Crippen molar-refractivity contribution in [3.8, 4) is 16.3 Å². The van der Waals surface area contributed by atoms with E-state index in [0.717, 1.165) is 30.0 Å². The van der Waals surface area contributed by atoms with Crippen LogP contribution in [0.5, 0.6) is 0 Å². The molecular weight excluding hydrogens is 365 g/mol. The van der Waals surface area contributed by atoms with E-state index in [1.165, 1.54) is 12.1 Å². The van der Waals surface area contributed by atoms with Gasteiger partial charge < -0.3 is 10.1 Å². The molecule has 1 amide bonds. The van der Waals surface area contributed by atoms with Gasteiger partial charge in [0.2, 0.25) is 0 Å². The Balaban J connectivity index is 1.64. The molecule has 2 unspecified atom stereocenters. The standard InChI is InChI=1S/C20H20FN3O2S/c1-13(18-4-2-10-26-18)22-20(25)16-12-17(19-5-3-11-27-19)24(23-16)15-8-6-14(21)7-9-15/h3,5-9,11-13,18H,2,4,10H2,1H3,(H,22,25). The molecule has 2 atom stereocenters. The summed E-state index contributed by atoms with van der Waals surface area (Å²) in [6, 6.07) is 11.7. The second kappa shape index (κ2) is 7.62. The number of hydrogen-bond acceptors (Lipinski definition) is 4. The van der Waals surface area contributed by atoms with Crippen molar-refractivity contribution >= 4 is 17.2 Å². The van der Waals surface area contributed by atoms with E-state index in [1.54, 1.807) is 34.2 Å². The van der Waals surface area contributed by atoms with Crippen LogP contribution in [0.3, 0.4) is 0 Å². The normalized spacial score (nSPS) is 17.8. The molecule has 0 bridgehead atoms. The summed E-state index contributed by atoms with van der Waals surface area (Å²) >= 11 is 1.56. The summed E-state index contributed by atoms with van der Waals surface area (Å²) in [4.78, 5) is 13.7. The van der Waals surface area contributed by atoms with Crippen LogP contribution < -0.4 is 5.32 Å². The Bertz CT molecular complexity index is 915. The maximum Gasteiger partial charge on any atom is 0.272 e. The molecule has 2 aromatic heterocycles. The third-order valence-corrected chi connectivity index (χ3v) is 5.56. The third kappa shape index (κ3) is 3.79. The minimum Gasteiger partial charge on any atom is -0.376 e. The maximum atomic E-state index is 13.3. The molecule has 5 nitrogen and oxygen atoms in total. The minimum absolute atomic E-state index is 0.0462. The fourth-order valence-corrected chi connectivity index (χ4v) is 3.97. The average Bonchev–Trinajstić information content (AvgIpc) is 3.42. The number of nitrogens with one attached hydrogen (secondary N) is 1. The van der Waals surface area contributed by atoms with Crippen LogP contribution in [-0.4, -0.2) is 34.4 Å². The smallest absolute Gasteiger partial charge is 0.272 e. The van der Waals surface area contributed by atoms with Crippen molar-refractivity contribution in [1.82, 2.24) is 15.1 Å². The molecule has 0 spiro atoms. The van der Waals surface area contributed by atoms with Crippen LogP contribution in [-0.2, 0) is 4.74 Å². The van der Waals surface area contributed by atoms with Gasteiger partial charge in [-0.2, -0.15) is 5.10 Å². The summed E-state index contributed by atoms with van der Waals surface area (Å²) in [6.07, 6.45) is 2.02. The number of aromatic nitrogens is 2. The Morgan fingerprint density at radius 3 is 2.85 bits per heavy atom. The van der Waals surface area contributed by atoms with Crippen molar-refractivity contribution in [2.75, 3.05) is 6.61 Å². The second-order valence-electron chi connectivity index (χ2n) is 6.59. The van der Waals surface area contributed by atoms with Crippen molar-refractivity contribution < 1.29 is 13.9 Å². The molecule has 3 heterocycles. The summed E-state index contributed by atoms with van der Waals surface area (Å²) in [5.74, 6) is -0.552. The largest absolute Gasteiger partial charge is 0.376 e. The second-order valence-corrected chi connectivity index (χ2v) is 7.54. The first kappa shape index (κ1) is 17.9. The fourth-order valence-electron chi connectivity index (χ4n) is 3.24. The number of nitrogens with zero attached hydrogens (tertiary/aromatic N) is 2. The monoisotopic (exact) mass is 385 g/mol. The number of hydrogen-bond donors (Lipinski definition) is 1. The number of thiophene rings is 1. The number of ether oxygens (including phenoxy) is 1. The average molecular weight is 385 g/mol. The first-order chi connectivity index (χ1) is 13.1. The summed E-state index contributed by atoms with van der Waals surface area (Å²) < 4.78 is 20.6. The molecule has 0 radical (unpaired) electrons. The lowest BCUT2D eigenvalue weighted by molar-refractivity contribution is 0.0709. The van der Waals surface area contributed by atoms with Gasteiger partial charge in [-0.3, -0.25) is 4.79 Å². The summed E-state index contributed by atoms with van der Waals surface area (Å²) in [5.41, 5.74) is 1.82. The maximum absolute atomic E-state index is 13.3. The molecular formula is C20H20FN3O2S. The summed E-state index contributed by atoms with van der Waals surface area (Å²) in [7, 11) is 0. The Kier molecular flexibility index (Phi) is 5.05. The van der Waals surface area contributed by atoms with Gasteiger partial charge >= 0.3 is 0 Å². The van der Waals surface area contributed by atoms with Crippen LogP contribution in [0.25, 0.3) is 16.3 Å². The van der Waals surface area contributed by atoms with Gasteiger partial charge in [-0.15, -0.1) is 11.3 Å². The minimum atomic E-state index is -0.313. The Labute approximate surface area is 160 Å². The van der Waals surface area contributed by atoms with Gasteiger partial charge in [0.25, 0.3) is 5.91 Å². The summed E-state index contributed by atoms with van der Waals surface area (Å²) in [6.45, 7) is 2.69. The molecule has 0 aliphatic carbocycles. The van der Waals surface area contributed by atoms with Crippen molar-refractivity contribution in [2.45, 2.75) is 31.9 Å². The van der Waals surface area contributed by atoms with E-state index in [9.17, 15) is 9.18 Å². The zero-order chi connectivity index (χ0) is 18.8. The topological polar surface area (TPSA) is 56.2 Å². The van der Waals surface area contributed by atoms with Crippen molar-refractivity contribution in [3.63, 3.8) is 0 Å². The number of benzene rings is 1. The molecule has 27 heavy (non-hydrogen) atoms. The van der Waals surface area contributed by atoms with Gasteiger partial charge in [0.15, 0.2) is 5.69 Å². The van der Waals surface area contributed by atoms with E-state index in [0.29, 0.717) is 11.4 Å². The van der Waals surface area contributed by atoms with E-state index in [1.807, 2.05) is 24.4 Å². The predicted octanol–water partition coefficient (Wildman–Crippen LogP) is 4.04. The highest BCUT2D eigenvalue weighted by Gasteiger charge is 2.25. The van der Waals surface area contributed by atoms with Gasteiger partial charge in [-0.25, -0.2) is 9.07 Å². The zero-order valence-corrected chi connectivity index (χ0v) is 15.7. The molecule has 7 heteroatoms. The van der Waals surface area contributed by atoms with Crippen LogP contribution in [0.4, 0.5) is 4.39 Å². The zero-order valence-electron chi connectivity index (χ0n) is 14.9. The number of carbonyl (C=O) groups is 1. The van der Waals surface area contributed by atoms with Crippen LogP contribution >= 0.6 is 11.3 Å². The number of carbonyl (C=O) groups excluding carboxylic acids is 1. The third-order valence-electron chi connectivity index (χ3n) is 4.67. The molecule has 1 aliphatic rings. The Morgan fingerprint density at radius 2 is 2.19 bits per heavy atom. The van der Waals surface area contributed by atoms with Crippen LogP contribution in [0.15, 0.2) is 47.8 Å². The molecule has 3 aromatic rings. The van der Waals surface area contributed by atoms with E-state index >= 15 is 0 Å². The van der Waals surface area contributed by atoms with Crippen molar-refractivity contribution in [2.24, 2.45) is 0 Å². The van der Waals surface area contributed by atoms with Gasteiger partial charge in [0.1, 0.15) is 5.82 Å². The number of halogens is 1. The van der Waals surface area contributed by atoms with Crippen LogP contribution in [0, 0.1) is 5.82 Å². The highest BCUT2D eigenvalue weighted by atomic mass is 32.1. The first-order valence-corrected chi connectivity index (χ1v) is 9.82. The first-order valence-electron chi connectivity index (χ1n) is 8.94. The van der Waals surface area contributed by atoms with Gasteiger partial charge in [0.05, 0.1) is 28.4 Å². The number of rotatable bonds is 5. The molecule has 1 aromatic carbocycles. The highest BCUT2D eigenvalue weighted by Crippen LogP contribution is 2.28. The van der Waals surface area contributed by atoms with Crippen molar-refractivity contribution in [3.05, 3.63) is 59.4 Å². The fraction of sp³-hybridized carbons (Fsp3) is 0.300. The van der Waals surface area contributed by atoms with Gasteiger partial charge in [0, 0.05) is 6.61 Å². The Morgan fingerprint density at radius 1 is 1.37 bits per heavy atom. The lowest BCUT2D eigenvalue weighted by Crippen LogP contribution is -2.41. The van der Waals surface area contributed by atoms with Crippen LogP contribution in [0.1, 0.15) is 30.3 Å². The molecule has 0 saturated carbocycles. The lowest BCUT2D eigenvalue weighted by atomic mass is 10.1. The van der Waals surface area contributed by atoms with E-state index in [4.69, 9.17) is 4.74 Å². The quantitative estimate of drug-likeness (QED) is 0.721. The number of amides is 1. The molecule has 1 saturated heterocycles. The van der Waals surface area contributed by atoms with Crippen LogP contribution in [0.2, 0.25) is 0 Å². The van der Waals surface area contributed by atoms with Gasteiger partial charge in [-0.1, -0.05) is 6.07 Å². The predicted molar refractivity (Wildman–Crippen MR) is 103 cm³/mol. The molecule has 140 valence electrons. The molecule has 1 fully saturated rings. The van der Waals surface area contributed by atoms with E-state index in [-0.39, 0.29) is 23.9 Å². The van der Waals surface area contributed by atoms with E-state index < -0.39 is 0 Å².